The lowest BCUT2D eigenvalue weighted by atomic mass is 9.97. The summed E-state index contributed by atoms with van der Waals surface area (Å²) in [6, 6.07) is 3.64. The first-order valence-corrected chi connectivity index (χ1v) is 11.3. The van der Waals surface area contributed by atoms with Gasteiger partial charge >= 0.3 is 14.0 Å². The highest BCUT2D eigenvalue weighted by atomic mass is 32.2. The Bertz CT molecular complexity index is 678. The van der Waals surface area contributed by atoms with Gasteiger partial charge < -0.3 is 9.15 Å². The first kappa shape index (κ1) is 22.3. The van der Waals surface area contributed by atoms with E-state index in [0.717, 1.165) is 25.7 Å². The number of methoxy groups -OCH3 is 1. The van der Waals surface area contributed by atoms with Crippen LogP contribution in [-0.2, 0) is 19.7 Å². The molecule has 0 amide bonds. The number of rotatable bonds is 10. The normalized spacial score (nSPS) is 29.1. The van der Waals surface area contributed by atoms with Crippen LogP contribution in [-0.4, -0.2) is 28.4 Å². The predicted octanol–water partition coefficient (Wildman–Crippen LogP) is 5.61. The van der Waals surface area contributed by atoms with Crippen LogP contribution >= 0.6 is 20.0 Å². The number of nitrogens with zero attached hydrogens (tertiary/aromatic N) is 1. The topological polar surface area (TPSA) is 68.9 Å². The van der Waals surface area contributed by atoms with Gasteiger partial charge in [0.1, 0.15) is 18.0 Å². The Balaban J connectivity index is 2.55. The van der Waals surface area contributed by atoms with Gasteiger partial charge in [0.25, 0.3) is 0 Å². The summed E-state index contributed by atoms with van der Waals surface area (Å²) in [5.74, 6) is 0.580. The number of hydrogen-bond acceptors (Lipinski definition) is 5. The van der Waals surface area contributed by atoms with E-state index >= 15 is 0 Å². The lowest BCUT2D eigenvalue weighted by Gasteiger charge is -2.46. The van der Waals surface area contributed by atoms with Crippen molar-refractivity contribution in [3.05, 3.63) is 47.4 Å². The van der Waals surface area contributed by atoms with Crippen LogP contribution in [0.3, 0.4) is 0 Å². The summed E-state index contributed by atoms with van der Waals surface area (Å²) in [7, 11) is -1.24. The molecule has 1 aromatic heterocycles. The average Bonchev–Trinajstić information content (AvgIpc) is 3.19. The van der Waals surface area contributed by atoms with E-state index in [9.17, 15) is 9.46 Å². The van der Waals surface area contributed by atoms with E-state index in [0.29, 0.717) is 12.3 Å². The second kappa shape index (κ2) is 10.0. The fraction of sp³-hybridized carbons (Fsp3) is 0.579. The third-order valence-corrected chi connectivity index (χ3v) is 6.93. The molecule has 1 aliphatic heterocycles. The van der Waals surface area contributed by atoms with E-state index in [1.165, 1.54) is 4.91 Å². The Hall–Kier alpha value is -0.950. The molecule has 8 heteroatoms. The van der Waals surface area contributed by atoms with Gasteiger partial charge in [0.05, 0.1) is 10.9 Å². The van der Waals surface area contributed by atoms with Crippen LogP contribution in [0.4, 0.5) is 0 Å². The summed E-state index contributed by atoms with van der Waals surface area (Å²) in [6.45, 7) is 6.53. The smallest absolute Gasteiger partial charge is 0.460 e. The van der Waals surface area contributed by atoms with E-state index < -0.39 is 14.0 Å². The zero-order valence-corrected chi connectivity index (χ0v) is 18.2. The van der Waals surface area contributed by atoms with E-state index in [1.54, 1.807) is 37.4 Å². The van der Waals surface area contributed by atoms with Crippen LogP contribution in [0.25, 0.3) is 0 Å². The molecule has 1 aromatic rings. The quantitative estimate of drug-likeness (QED) is 0.396. The summed E-state index contributed by atoms with van der Waals surface area (Å²) in [6.07, 6.45) is 11.5. The van der Waals surface area contributed by atoms with Crippen molar-refractivity contribution in [2.75, 3.05) is 13.7 Å². The minimum atomic E-state index is -2.84. The molecule has 0 spiro atoms. The van der Waals surface area contributed by atoms with Crippen LogP contribution in [0.2, 0.25) is 0 Å². The molecular weight excluding hydrogens is 385 g/mol. The molecule has 2 rings (SSSR count). The van der Waals surface area contributed by atoms with Crippen LogP contribution < -0.4 is 0 Å². The molecule has 0 bridgehead atoms. The maximum atomic E-state index is 11.7. The predicted molar refractivity (Wildman–Crippen MR) is 108 cm³/mol. The van der Waals surface area contributed by atoms with Gasteiger partial charge in [-0.2, -0.15) is 0 Å². The van der Waals surface area contributed by atoms with Crippen molar-refractivity contribution < 1.29 is 27.9 Å². The second-order valence-corrected chi connectivity index (χ2v) is 8.36. The zero-order chi connectivity index (χ0) is 19.9. The first-order chi connectivity index (χ1) is 13.0. The molecule has 0 aliphatic carbocycles. The van der Waals surface area contributed by atoms with Crippen LogP contribution in [0.15, 0.2) is 46.1 Å². The molecule has 4 atom stereocenters. The number of thioether (sulfide) groups is 1. The Morgan fingerprint density at radius 1 is 1.56 bits per heavy atom. The molecule has 6 nitrogen and oxygen atoms in total. The lowest BCUT2D eigenvalue weighted by Crippen LogP contribution is -2.65. The number of ether oxygens (including phenoxy) is 1. The van der Waals surface area contributed by atoms with E-state index in [4.69, 9.17) is 13.8 Å². The van der Waals surface area contributed by atoms with Gasteiger partial charge in [-0.3, -0.25) is 0 Å². The van der Waals surface area contributed by atoms with E-state index in [2.05, 4.69) is 13.0 Å². The number of quaternary nitrogens is 1. The number of hydroxylamine groups is 3. The molecule has 27 heavy (non-hydrogen) atoms. The summed E-state index contributed by atoms with van der Waals surface area (Å²) >= 11 is 1.73. The van der Waals surface area contributed by atoms with Gasteiger partial charge in [0.2, 0.25) is 0 Å². The van der Waals surface area contributed by atoms with Crippen molar-refractivity contribution in [3.63, 3.8) is 0 Å². The SMILES string of the molecule is CC=C(CCCC)SC1CC=C[N+](CC)(O[P+](=O)O)C1(OC)c1ccco1. The van der Waals surface area contributed by atoms with Gasteiger partial charge in [-0.1, -0.05) is 24.1 Å². The molecule has 0 fully saturated rings. The molecule has 2 heterocycles. The van der Waals surface area contributed by atoms with Gasteiger partial charge in [-0.25, -0.2) is 0 Å². The molecule has 0 saturated carbocycles. The maximum absolute atomic E-state index is 11.7. The molecule has 0 radical (unpaired) electrons. The Labute approximate surface area is 166 Å². The highest BCUT2D eigenvalue weighted by Gasteiger charge is 2.66. The third-order valence-electron chi connectivity index (χ3n) is 4.96. The van der Waals surface area contributed by atoms with Crippen LogP contribution in [0, 0.1) is 0 Å². The van der Waals surface area contributed by atoms with E-state index in [1.807, 2.05) is 26.0 Å². The highest BCUT2D eigenvalue weighted by molar-refractivity contribution is 8.03. The molecular formula is C19H30NO5PS+2. The van der Waals surface area contributed by atoms with Gasteiger partial charge in [-0.05, 0) is 56.2 Å². The standard InChI is InChI=1S/C19H29NO5PS/c1-5-8-11-16(6-2)27-18-13-9-14-20(7-3,25-26(21)22)19(18,23-4)17-12-10-15-24-17/h6,9-10,12,14-15,18H,5,7-8,11,13H2,1-4H3/q+1/p+1. The fourth-order valence-corrected chi connectivity index (χ4v) is 5.69. The largest absolute Gasteiger partial charge is 0.748 e. The van der Waals surface area contributed by atoms with Gasteiger partial charge in [0.15, 0.2) is 5.76 Å². The first-order valence-electron chi connectivity index (χ1n) is 9.32. The Morgan fingerprint density at radius 3 is 2.85 bits per heavy atom. The van der Waals surface area contributed by atoms with Crippen molar-refractivity contribution >= 4 is 20.0 Å². The Morgan fingerprint density at radius 2 is 2.33 bits per heavy atom. The number of hydrogen-bond donors (Lipinski definition) is 1. The number of furan rings is 1. The van der Waals surface area contributed by atoms with Crippen molar-refractivity contribution in [1.82, 2.24) is 0 Å². The van der Waals surface area contributed by atoms with E-state index in [-0.39, 0.29) is 9.90 Å². The maximum Gasteiger partial charge on any atom is 0.748 e. The van der Waals surface area contributed by atoms with Crippen LogP contribution in [0.1, 0.15) is 52.2 Å². The average molecular weight is 415 g/mol. The fourth-order valence-electron chi connectivity index (χ4n) is 3.63. The summed E-state index contributed by atoms with van der Waals surface area (Å²) in [5, 5.41) is -0.0865. The van der Waals surface area contributed by atoms with Crippen molar-refractivity contribution in [2.45, 2.75) is 57.4 Å². The molecule has 1 N–H and O–H groups in total. The Kier molecular flexibility index (Phi) is 8.28. The second-order valence-electron chi connectivity index (χ2n) is 6.39. The monoisotopic (exact) mass is 415 g/mol. The minimum Gasteiger partial charge on any atom is -0.460 e. The summed E-state index contributed by atoms with van der Waals surface area (Å²) < 4.78 is 28.9. The molecule has 0 saturated heterocycles. The third kappa shape index (κ3) is 4.39. The van der Waals surface area contributed by atoms with Crippen LogP contribution in [0.5, 0.6) is 0 Å². The molecule has 150 valence electrons. The van der Waals surface area contributed by atoms with Crippen molar-refractivity contribution in [1.29, 1.82) is 0 Å². The summed E-state index contributed by atoms with van der Waals surface area (Å²) in [5.41, 5.74) is -1.08. The minimum absolute atomic E-state index is 0.0865. The number of unbranched alkanes of at least 4 members (excludes halogenated alkanes) is 1. The zero-order valence-electron chi connectivity index (χ0n) is 16.5. The van der Waals surface area contributed by atoms with Crippen molar-refractivity contribution in [2.24, 2.45) is 0 Å². The lowest BCUT2D eigenvalue weighted by molar-refractivity contribution is -1.11. The summed E-state index contributed by atoms with van der Waals surface area (Å²) in [4.78, 5) is 10.9. The number of allylic oxidation sites excluding steroid dienone is 3. The molecule has 0 aromatic carbocycles. The van der Waals surface area contributed by atoms with Gasteiger partial charge in [0, 0.05) is 11.7 Å². The van der Waals surface area contributed by atoms with Crippen molar-refractivity contribution in [3.8, 4) is 0 Å². The highest BCUT2D eigenvalue weighted by Crippen LogP contribution is 2.53. The molecule has 4 unspecified atom stereocenters. The molecule has 1 aliphatic rings. The van der Waals surface area contributed by atoms with Gasteiger partial charge in [-0.15, -0.1) is 16.7 Å².